The fraction of sp³-hybridized carbons (Fsp3) is 0.367. The zero-order valence-electron chi connectivity index (χ0n) is 24.0. The van der Waals surface area contributed by atoms with Crippen LogP contribution in [-0.4, -0.2) is 80.7 Å². The molecule has 3 aromatic rings. The van der Waals surface area contributed by atoms with Crippen LogP contribution in [0.25, 0.3) is 10.9 Å². The number of nitrogens with two attached hydrogens (primary N) is 2. The van der Waals surface area contributed by atoms with E-state index in [0.717, 1.165) is 10.9 Å². The number of phenolic OH excluding ortho intramolecular Hbond substituents is 1. The molecule has 236 valence electrons. The number of phenols is 1. The van der Waals surface area contributed by atoms with Crippen molar-refractivity contribution in [1.29, 1.82) is 0 Å². The van der Waals surface area contributed by atoms with Crippen LogP contribution in [0.2, 0.25) is 0 Å². The Morgan fingerprint density at radius 3 is 2.05 bits per heavy atom. The van der Waals surface area contributed by atoms with Gasteiger partial charge in [-0.3, -0.25) is 19.2 Å². The van der Waals surface area contributed by atoms with Crippen molar-refractivity contribution in [1.82, 2.24) is 20.9 Å². The monoisotopic (exact) mass is 610 g/mol. The SMILES string of the molecule is NCCCCC(N)C(=O)NC(Cc1c[nH]c2ccccc12)C(=O)NC(Cc1ccc(O)cc1)C(=O)NC(CC(=O)O)C(=O)O. The highest BCUT2D eigenvalue weighted by atomic mass is 16.4. The Balaban J connectivity index is 1.89. The zero-order chi connectivity index (χ0) is 32.2. The van der Waals surface area contributed by atoms with Crippen LogP contribution in [0.15, 0.2) is 54.7 Å². The van der Waals surface area contributed by atoms with Crippen LogP contribution in [0.1, 0.15) is 36.8 Å². The number of hydrogen-bond acceptors (Lipinski definition) is 8. The highest BCUT2D eigenvalue weighted by Crippen LogP contribution is 2.20. The molecule has 14 heteroatoms. The molecule has 0 radical (unpaired) electrons. The lowest BCUT2D eigenvalue weighted by Gasteiger charge is -2.25. The number of rotatable bonds is 17. The Labute approximate surface area is 253 Å². The van der Waals surface area contributed by atoms with E-state index in [-0.39, 0.29) is 18.6 Å². The molecule has 1 aromatic heterocycles. The van der Waals surface area contributed by atoms with Gasteiger partial charge in [0.05, 0.1) is 12.5 Å². The number of para-hydroxylation sites is 1. The first-order valence-electron chi connectivity index (χ1n) is 14.1. The molecule has 0 aliphatic carbocycles. The van der Waals surface area contributed by atoms with E-state index in [2.05, 4.69) is 20.9 Å². The summed E-state index contributed by atoms with van der Waals surface area (Å²) in [5.74, 6) is -5.31. The van der Waals surface area contributed by atoms with Crippen molar-refractivity contribution in [3.05, 3.63) is 65.9 Å². The van der Waals surface area contributed by atoms with E-state index in [9.17, 15) is 34.2 Å². The highest BCUT2D eigenvalue weighted by molar-refractivity contribution is 5.95. The third kappa shape index (κ3) is 9.81. The molecule has 11 N–H and O–H groups in total. The first-order chi connectivity index (χ1) is 21.0. The van der Waals surface area contributed by atoms with Gasteiger partial charge in [-0.25, -0.2) is 4.79 Å². The maximum atomic E-state index is 13.8. The van der Waals surface area contributed by atoms with Gasteiger partial charge in [0.2, 0.25) is 17.7 Å². The van der Waals surface area contributed by atoms with E-state index in [1.54, 1.807) is 6.20 Å². The average molecular weight is 611 g/mol. The number of carbonyl (C=O) groups is 5. The van der Waals surface area contributed by atoms with Gasteiger partial charge in [0.25, 0.3) is 0 Å². The number of aliphatic carboxylic acids is 2. The number of H-pyrrole nitrogens is 1. The molecule has 1 heterocycles. The molecule has 3 amide bonds. The number of carbonyl (C=O) groups excluding carboxylic acids is 3. The smallest absolute Gasteiger partial charge is 0.326 e. The summed E-state index contributed by atoms with van der Waals surface area (Å²) in [5.41, 5.74) is 13.6. The first-order valence-corrected chi connectivity index (χ1v) is 14.1. The lowest BCUT2D eigenvalue weighted by atomic mass is 10.0. The third-order valence-electron chi connectivity index (χ3n) is 7.04. The topological polar surface area (TPSA) is 250 Å². The van der Waals surface area contributed by atoms with Crippen LogP contribution in [0, 0.1) is 0 Å². The third-order valence-corrected chi connectivity index (χ3v) is 7.04. The second kappa shape index (κ2) is 16.0. The molecule has 3 rings (SSSR count). The van der Waals surface area contributed by atoms with Gasteiger partial charge in [0.15, 0.2) is 0 Å². The van der Waals surface area contributed by atoms with Crippen LogP contribution in [0.4, 0.5) is 0 Å². The number of benzene rings is 2. The molecule has 0 aliphatic heterocycles. The molecule has 44 heavy (non-hydrogen) atoms. The lowest BCUT2D eigenvalue weighted by Crippen LogP contribution is -2.58. The van der Waals surface area contributed by atoms with Crippen LogP contribution in [0.5, 0.6) is 5.75 Å². The number of aromatic amines is 1. The summed E-state index contributed by atoms with van der Waals surface area (Å²) in [7, 11) is 0. The van der Waals surface area contributed by atoms with E-state index in [1.165, 1.54) is 24.3 Å². The summed E-state index contributed by atoms with van der Waals surface area (Å²) in [4.78, 5) is 66.0. The molecule has 2 aromatic carbocycles. The van der Waals surface area contributed by atoms with Crippen molar-refractivity contribution in [2.24, 2.45) is 11.5 Å². The molecule has 0 saturated heterocycles. The average Bonchev–Trinajstić information content (AvgIpc) is 3.39. The van der Waals surface area contributed by atoms with E-state index in [4.69, 9.17) is 16.6 Å². The predicted octanol–water partition coefficient (Wildman–Crippen LogP) is 0.129. The van der Waals surface area contributed by atoms with Gasteiger partial charge in [-0.15, -0.1) is 0 Å². The van der Waals surface area contributed by atoms with E-state index in [0.29, 0.717) is 36.9 Å². The number of aromatic hydroxyl groups is 1. The summed E-state index contributed by atoms with van der Waals surface area (Å²) < 4.78 is 0. The van der Waals surface area contributed by atoms with Crippen molar-refractivity contribution in [2.75, 3.05) is 6.54 Å². The largest absolute Gasteiger partial charge is 0.508 e. The fourth-order valence-corrected chi connectivity index (χ4v) is 4.64. The van der Waals surface area contributed by atoms with Crippen molar-refractivity contribution in [3.63, 3.8) is 0 Å². The van der Waals surface area contributed by atoms with Crippen LogP contribution >= 0.6 is 0 Å². The van der Waals surface area contributed by atoms with Gasteiger partial charge in [0, 0.05) is 29.9 Å². The van der Waals surface area contributed by atoms with Gasteiger partial charge in [-0.1, -0.05) is 36.8 Å². The molecular formula is C30H38N6O8. The number of carboxylic acids is 2. The zero-order valence-corrected chi connectivity index (χ0v) is 24.0. The molecular weight excluding hydrogens is 572 g/mol. The standard InChI is InChI=1S/C30H38N6O8/c31-12-4-3-6-21(32)27(40)34-24(14-18-16-33-22-7-2-1-5-20(18)22)29(42)35-23(13-17-8-10-19(37)11-9-17)28(41)36-25(30(43)44)15-26(38)39/h1-2,5,7-11,16,21,23-25,33,37H,3-4,6,12-15,31-32H2,(H,34,40)(H,35,42)(H,36,41)(H,38,39)(H,43,44). The number of fused-ring (bicyclic) bond motifs is 1. The van der Waals surface area contributed by atoms with Gasteiger partial charge in [0.1, 0.15) is 23.9 Å². The number of amides is 3. The van der Waals surface area contributed by atoms with Crippen molar-refractivity contribution >= 4 is 40.6 Å². The summed E-state index contributed by atoms with van der Waals surface area (Å²) in [5, 5.41) is 36.5. The van der Waals surface area contributed by atoms with Crippen LogP contribution in [0.3, 0.4) is 0 Å². The predicted molar refractivity (Wildman–Crippen MR) is 160 cm³/mol. The second-order valence-corrected chi connectivity index (χ2v) is 10.4. The van der Waals surface area contributed by atoms with Gasteiger partial charge in [-0.2, -0.15) is 0 Å². The maximum absolute atomic E-state index is 13.8. The van der Waals surface area contributed by atoms with Gasteiger partial charge >= 0.3 is 11.9 Å². The van der Waals surface area contributed by atoms with E-state index >= 15 is 0 Å². The normalized spacial score (nSPS) is 13.8. The van der Waals surface area contributed by atoms with E-state index < -0.39 is 60.2 Å². The molecule has 0 spiro atoms. The Morgan fingerprint density at radius 2 is 1.41 bits per heavy atom. The Bertz CT molecular complexity index is 1460. The number of nitrogens with one attached hydrogen (secondary N) is 4. The van der Waals surface area contributed by atoms with Crippen LogP contribution < -0.4 is 27.4 Å². The lowest BCUT2D eigenvalue weighted by molar-refractivity contribution is -0.147. The summed E-state index contributed by atoms with van der Waals surface area (Å²) in [6.45, 7) is 0.444. The van der Waals surface area contributed by atoms with Gasteiger partial charge in [-0.05, 0) is 48.7 Å². The van der Waals surface area contributed by atoms with Crippen molar-refractivity contribution in [3.8, 4) is 5.75 Å². The van der Waals surface area contributed by atoms with E-state index in [1.807, 2.05) is 24.3 Å². The molecule has 14 nitrogen and oxygen atoms in total. The molecule has 0 bridgehead atoms. The molecule has 0 aliphatic rings. The minimum atomic E-state index is -1.76. The van der Waals surface area contributed by atoms with Crippen molar-refractivity contribution < 1.29 is 39.3 Å². The van der Waals surface area contributed by atoms with Crippen LogP contribution in [-0.2, 0) is 36.8 Å². The fourth-order valence-electron chi connectivity index (χ4n) is 4.64. The minimum absolute atomic E-state index is 0.0292. The summed E-state index contributed by atoms with van der Waals surface area (Å²) in [6, 6.07) is 7.93. The molecule has 4 atom stereocenters. The molecule has 0 saturated carbocycles. The minimum Gasteiger partial charge on any atom is -0.508 e. The maximum Gasteiger partial charge on any atom is 0.326 e. The second-order valence-electron chi connectivity index (χ2n) is 10.4. The number of aromatic nitrogens is 1. The van der Waals surface area contributed by atoms with Gasteiger partial charge < -0.3 is 47.7 Å². The Morgan fingerprint density at radius 1 is 0.795 bits per heavy atom. The quantitative estimate of drug-likeness (QED) is 0.0934. The molecule has 4 unspecified atom stereocenters. The molecule has 0 fully saturated rings. The van der Waals surface area contributed by atoms with Crippen molar-refractivity contribution in [2.45, 2.75) is 62.7 Å². The number of unbranched alkanes of at least 4 members (excludes halogenated alkanes) is 1. The highest BCUT2D eigenvalue weighted by Gasteiger charge is 2.32. The first kappa shape index (κ1) is 33.6. The Hall–Kier alpha value is -4.95. The summed E-state index contributed by atoms with van der Waals surface area (Å²) in [6.07, 6.45) is 2.35. The summed E-state index contributed by atoms with van der Waals surface area (Å²) >= 11 is 0. The number of hydrogen-bond donors (Lipinski definition) is 9. The Kier molecular flexibility index (Phi) is 12.2. The number of carboxylic acid groups (broad SMARTS) is 2.